The average molecular weight is 739 g/mol. The lowest BCUT2D eigenvalue weighted by Crippen LogP contribution is -2.59. The van der Waals surface area contributed by atoms with Gasteiger partial charge in [0.25, 0.3) is 11.8 Å². The fraction of sp³-hybridized carbons (Fsp3) is 0.250. The molecule has 11 nitrogen and oxygen atoms in total. The summed E-state index contributed by atoms with van der Waals surface area (Å²) in [7, 11) is 2.35. The summed E-state index contributed by atoms with van der Waals surface area (Å²) >= 11 is 14.3. The normalized spacial score (nSPS) is 24.1. The number of hydrogen-bond acceptors (Lipinski definition) is 7. The molecule has 2 fully saturated rings. The number of allylic oxidation sites excluding steroid dienone is 2. The lowest BCUT2D eigenvalue weighted by molar-refractivity contribution is -0.122. The van der Waals surface area contributed by atoms with Crippen molar-refractivity contribution in [3.8, 4) is 22.9 Å². The van der Waals surface area contributed by atoms with Gasteiger partial charge in [0.2, 0.25) is 5.82 Å². The van der Waals surface area contributed by atoms with Gasteiger partial charge >= 0.3 is 11.4 Å². The van der Waals surface area contributed by atoms with Crippen molar-refractivity contribution in [3.63, 3.8) is 0 Å². The molecule has 3 aliphatic rings. The van der Waals surface area contributed by atoms with Gasteiger partial charge in [-0.3, -0.25) is 9.59 Å². The minimum absolute atomic E-state index is 0.0753. The monoisotopic (exact) mass is 738 g/mol. The number of phenolic OH excluding ortho intramolecular Hbond substituents is 1. The zero-order valence-corrected chi connectivity index (χ0v) is 27.0. The second-order valence-corrected chi connectivity index (χ2v) is 12.9. The summed E-state index contributed by atoms with van der Waals surface area (Å²) in [6, 6.07) is 8.61. The standard InChI is InChI=1S/C32H21Cl2F5N4O7/c1-49-17-10-14(44)11-18(50-2)19(17)20-15-8-9-40-29(47)41(13-6-4-3-5-7-13)30(48)43(40)16(15)12-31(33)27(45)42(28(46)32(20,31)34)26-24(38)22(36)21(35)23(37)25(26)39/h3-8,10-11,16,20,44H,9,12H2,1-2H3/t16-,20-,31-,32+/m1/s1. The van der Waals surface area contributed by atoms with E-state index in [-0.39, 0.29) is 39.8 Å². The first kappa shape index (κ1) is 33.4. The van der Waals surface area contributed by atoms with Crippen LogP contribution in [0, 0.1) is 29.1 Å². The molecule has 50 heavy (non-hydrogen) atoms. The van der Waals surface area contributed by atoms with E-state index in [4.69, 9.17) is 32.7 Å². The fourth-order valence-electron chi connectivity index (χ4n) is 7.15. The third kappa shape index (κ3) is 4.08. The maximum Gasteiger partial charge on any atom is 0.352 e. The van der Waals surface area contributed by atoms with E-state index in [1.807, 2.05) is 0 Å². The summed E-state index contributed by atoms with van der Waals surface area (Å²) in [5, 5.41) is 10.4. The molecular weight excluding hydrogens is 718 g/mol. The number of carbonyl (C=O) groups is 2. The predicted molar refractivity (Wildman–Crippen MR) is 166 cm³/mol. The summed E-state index contributed by atoms with van der Waals surface area (Å²) in [6.07, 6.45) is 0.633. The number of fused-ring (bicyclic) bond motifs is 4. The van der Waals surface area contributed by atoms with Gasteiger partial charge in [0, 0.05) is 30.0 Å². The summed E-state index contributed by atoms with van der Waals surface area (Å²) in [4.78, 5) is 50.6. The van der Waals surface area contributed by atoms with Crippen LogP contribution in [0.3, 0.4) is 0 Å². The molecule has 1 saturated heterocycles. The lowest BCUT2D eigenvalue weighted by Gasteiger charge is -2.49. The number of aromatic nitrogens is 3. The van der Waals surface area contributed by atoms with E-state index in [1.54, 1.807) is 18.2 Å². The Morgan fingerprint density at radius 2 is 1.38 bits per heavy atom. The van der Waals surface area contributed by atoms with E-state index in [2.05, 4.69) is 0 Å². The van der Waals surface area contributed by atoms with E-state index >= 15 is 8.78 Å². The van der Waals surface area contributed by atoms with E-state index in [0.29, 0.717) is 0 Å². The molecule has 3 heterocycles. The van der Waals surface area contributed by atoms with Gasteiger partial charge in [-0.1, -0.05) is 24.3 Å². The highest BCUT2D eigenvalue weighted by molar-refractivity contribution is 6.58. The molecule has 1 saturated carbocycles. The van der Waals surface area contributed by atoms with Crippen LogP contribution in [0.1, 0.15) is 23.9 Å². The molecule has 0 spiro atoms. The van der Waals surface area contributed by atoms with Crippen molar-refractivity contribution in [2.75, 3.05) is 19.1 Å². The minimum Gasteiger partial charge on any atom is -0.508 e. The van der Waals surface area contributed by atoms with Crippen molar-refractivity contribution in [2.24, 2.45) is 0 Å². The molecule has 1 aromatic heterocycles. The largest absolute Gasteiger partial charge is 0.508 e. The van der Waals surface area contributed by atoms with Crippen LogP contribution in [0.25, 0.3) is 5.69 Å². The highest BCUT2D eigenvalue weighted by Gasteiger charge is 2.77. The molecule has 2 aliphatic heterocycles. The summed E-state index contributed by atoms with van der Waals surface area (Å²) in [5.41, 5.74) is -3.51. The molecule has 1 N–H and O–H groups in total. The predicted octanol–water partition coefficient (Wildman–Crippen LogP) is 4.42. The van der Waals surface area contributed by atoms with Gasteiger partial charge in [-0.25, -0.2) is 50.4 Å². The smallest absolute Gasteiger partial charge is 0.352 e. The molecular formula is C32H21Cl2F5N4O7. The zero-order valence-electron chi connectivity index (χ0n) is 25.5. The maximum atomic E-state index is 15.3. The van der Waals surface area contributed by atoms with Crippen molar-refractivity contribution in [2.45, 2.75) is 34.7 Å². The number of halogens is 7. The molecule has 18 heteroatoms. The number of benzene rings is 3. The van der Waals surface area contributed by atoms with Gasteiger partial charge < -0.3 is 14.6 Å². The van der Waals surface area contributed by atoms with Crippen LogP contribution >= 0.6 is 23.2 Å². The summed E-state index contributed by atoms with van der Waals surface area (Å²) < 4.78 is 87.4. The van der Waals surface area contributed by atoms with Crippen molar-refractivity contribution < 1.29 is 46.1 Å². The Bertz CT molecular complexity index is 2270. The van der Waals surface area contributed by atoms with Crippen molar-refractivity contribution in [1.29, 1.82) is 0 Å². The number of methoxy groups -OCH3 is 2. The van der Waals surface area contributed by atoms with Gasteiger partial charge in [-0.15, -0.1) is 23.2 Å². The number of aromatic hydroxyl groups is 1. The molecule has 1 aliphatic carbocycles. The maximum absolute atomic E-state index is 15.3. The van der Waals surface area contributed by atoms with E-state index < -0.39 is 91.8 Å². The highest BCUT2D eigenvalue weighted by atomic mass is 35.5. The number of ether oxygens (including phenoxy) is 2. The molecule has 3 aromatic carbocycles. The van der Waals surface area contributed by atoms with Crippen LogP contribution < -0.4 is 25.8 Å². The number of carbonyl (C=O) groups excluding carboxylic acids is 2. The van der Waals surface area contributed by atoms with Crippen LogP contribution in [0.15, 0.2) is 63.7 Å². The Hall–Kier alpha value is -5.09. The van der Waals surface area contributed by atoms with E-state index in [1.165, 1.54) is 32.4 Å². The Kier molecular flexibility index (Phi) is 7.49. The first-order valence-electron chi connectivity index (χ1n) is 14.6. The van der Waals surface area contributed by atoms with Crippen molar-refractivity contribution in [3.05, 3.63) is 110 Å². The number of rotatable bonds is 5. The Balaban J connectivity index is 1.55. The molecule has 0 radical (unpaired) electrons. The van der Waals surface area contributed by atoms with Crippen LogP contribution in [0.2, 0.25) is 0 Å². The fourth-order valence-corrected chi connectivity index (χ4v) is 8.05. The first-order chi connectivity index (χ1) is 23.6. The van der Waals surface area contributed by atoms with Crippen LogP contribution in [-0.4, -0.2) is 54.8 Å². The van der Waals surface area contributed by atoms with Crippen LogP contribution in [0.5, 0.6) is 17.2 Å². The molecule has 2 amide bonds. The molecule has 260 valence electrons. The minimum atomic E-state index is -2.85. The molecule has 0 bridgehead atoms. The Morgan fingerprint density at radius 3 is 1.94 bits per heavy atom. The van der Waals surface area contributed by atoms with E-state index in [0.717, 1.165) is 26.1 Å². The van der Waals surface area contributed by atoms with Gasteiger partial charge in [-0.2, -0.15) is 0 Å². The molecule has 4 atom stereocenters. The van der Waals surface area contributed by atoms with Gasteiger partial charge in [0.1, 0.15) is 22.9 Å². The summed E-state index contributed by atoms with van der Waals surface area (Å²) in [6.45, 7) is -0.301. The first-order valence-corrected chi connectivity index (χ1v) is 15.3. The number of imide groups is 1. The quantitative estimate of drug-likeness (QED) is 0.0804. The third-order valence-electron chi connectivity index (χ3n) is 9.32. The molecule has 0 unspecified atom stereocenters. The lowest BCUT2D eigenvalue weighted by atomic mass is 9.64. The number of amides is 2. The third-order valence-corrected chi connectivity index (χ3v) is 10.7. The molecule has 7 rings (SSSR count). The second kappa shape index (κ2) is 11.2. The van der Waals surface area contributed by atoms with Gasteiger partial charge in [0.15, 0.2) is 33.0 Å². The highest BCUT2D eigenvalue weighted by Crippen LogP contribution is 2.66. The number of phenols is 1. The molecule has 4 aromatic rings. The SMILES string of the molecule is COc1cc(O)cc(OC)c1[C@H]1C2=CCn3c(=O)n(-c4ccccc4)c(=O)n3[C@@H]2C[C@@]2(Cl)C(=O)N(c3c(F)c(F)c(F)c(F)c3F)C(=O)[C@@]12Cl. The van der Waals surface area contributed by atoms with E-state index in [9.17, 15) is 37.5 Å². The average Bonchev–Trinajstić information content (AvgIpc) is 3.44. The summed E-state index contributed by atoms with van der Waals surface area (Å²) in [5.74, 6) is -18.4. The van der Waals surface area contributed by atoms with Crippen molar-refractivity contribution in [1.82, 2.24) is 13.9 Å². The Labute approximate surface area is 286 Å². The number of alkyl halides is 2. The van der Waals surface area contributed by atoms with Crippen LogP contribution in [-0.2, 0) is 16.1 Å². The van der Waals surface area contributed by atoms with Gasteiger partial charge in [-0.05, 0) is 17.7 Å². The number of anilines is 1. The topological polar surface area (TPSA) is 125 Å². The number of nitrogens with zero attached hydrogens (tertiary/aromatic N) is 4. The van der Waals surface area contributed by atoms with Gasteiger partial charge in [0.05, 0.1) is 32.5 Å². The number of hydrogen-bond donors (Lipinski definition) is 1. The van der Waals surface area contributed by atoms with Crippen molar-refractivity contribution >= 4 is 40.7 Å². The number of para-hydroxylation sites is 1. The second-order valence-electron chi connectivity index (χ2n) is 11.7. The van der Waals surface area contributed by atoms with Crippen LogP contribution in [0.4, 0.5) is 27.6 Å². The Morgan fingerprint density at radius 1 is 0.820 bits per heavy atom. The zero-order chi connectivity index (χ0) is 36.2.